The highest BCUT2D eigenvalue weighted by atomic mass is 79.9. The van der Waals surface area contributed by atoms with Gasteiger partial charge in [0.05, 0.1) is 0 Å². The molecular weight excluding hydrogens is 303 g/mol. The molecular formula is C4H5Br2O4P. The molecule has 0 aliphatic carbocycles. The third-order valence-corrected chi connectivity index (χ3v) is 1.70. The lowest BCUT2D eigenvalue weighted by atomic mass is 11.2. The summed E-state index contributed by atoms with van der Waals surface area (Å²) in [7, 11) is -3.96. The van der Waals surface area contributed by atoms with Crippen LogP contribution in [0, 0.1) is 0 Å². The average molecular weight is 308 g/mol. The summed E-state index contributed by atoms with van der Waals surface area (Å²) >= 11 is 5.70. The molecule has 0 aromatic heterocycles. The summed E-state index contributed by atoms with van der Waals surface area (Å²) in [5.74, 6) is 0. The molecule has 0 heterocycles. The Kier molecular flexibility index (Phi) is 5.95. The van der Waals surface area contributed by atoms with Crippen LogP contribution in [-0.2, 0) is 13.6 Å². The minimum atomic E-state index is -3.96. The van der Waals surface area contributed by atoms with E-state index in [-0.39, 0.29) is 0 Å². The van der Waals surface area contributed by atoms with Gasteiger partial charge in [0, 0.05) is 9.97 Å². The van der Waals surface area contributed by atoms with Gasteiger partial charge in [-0.3, -0.25) is 4.89 Å². The summed E-state index contributed by atoms with van der Waals surface area (Å²) in [4.78, 5) is 11.3. The third-order valence-electron chi connectivity index (χ3n) is 0.491. The van der Waals surface area contributed by atoms with Crippen molar-refractivity contribution >= 4 is 39.7 Å². The Morgan fingerprint density at radius 3 is 1.82 bits per heavy atom. The molecule has 0 saturated carbocycles. The number of phosphoric ester groups is 1. The van der Waals surface area contributed by atoms with Crippen LogP contribution < -0.4 is 0 Å². The molecule has 0 spiro atoms. The summed E-state index contributed by atoms with van der Waals surface area (Å²) in [5.41, 5.74) is 0. The van der Waals surface area contributed by atoms with Crippen molar-refractivity contribution < 1.29 is 18.5 Å². The SMILES string of the molecule is O=P(O)(O/C=C/Br)O/C=C/Br. The quantitative estimate of drug-likeness (QED) is 0.641. The predicted octanol–water partition coefficient (Wildman–Crippen LogP) is 2.85. The molecule has 1 N–H and O–H groups in total. The van der Waals surface area contributed by atoms with Crippen molar-refractivity contribution in [2.45, 2.75) is 0 Å². The van der Waals surface area contributed by atoms with E-state index >= 15 is 0 Å². The maximum atomic E-state index is 10.7. The number of phosphoric acid groups is 1. The van der Waals surface area contributed by atoms with Crippen molar-refractivity contribution in [3.05, 3.63) is 22.5 Å². The van der Waals surface area contributed by atoms with Crippen molar-refractivity contribution in [1.29, 1.82) is 0 Å². The molecule has 0 radical (unpaired) electrons. The molecule has 0 aliphatic rings. The van der Waals surface area contributed by atoms with Gasteiger partial charge >= 0.3 is 7.82 Å². The Labute approximate surface area is 80.8 Å². The fourth-order valence-electron chi connectivity index (χ4n) is 0.225. The monoisotopic (exact) mass is 306 g/mol. The van der Waals surface area contributed by atoms with Crippen molar-refractivity contribution in [3.63, 3.8) is 0 Å². The molecule has 0 aromatic rings. The van der Waals surface area contributed by atoms with Crippen LogP contribution in [0.2, 0.25) is 0 Å². The Morgan fingerprint density at radius 2 is 1.55 bits per heavy atom. The second-order valence-corrected chi connectivity index (χ2v) is 3.62. The van der Waals surface area contributed by atoms with Crippen molar-refractivity contribution in [2.24, 2.45) is 0 Å². The summed E-state index contributed by atoms with van der Waals surface area (Å²) in [5, 5.41) is 0. The van der Waals surface area contributed by atoms with E-state index in [2.05, 4.69) is 40.9 Å². The fraction of sp³-hybridized carbons (Fsp3) is 0. The Bertz CT molecular complexity index is 184. The molecule has 0 aliphatic heterocycles. The second kappa shape index (κ2) is 5.83. The lowest BCUT2D eigenvalue weighted by Gasteiger charge is -2.05. The van der Waals surface area contributed by atoms with Gasteiger partial charge in [-0.15, -0.1) is 0 Å². The van der Waals surface area contributed by atoms with Crippen LogP contribution in [0.5, 0.6) is 0 Å². The first-order valence-corrected chi connectivity index (χ1v) is 5.65. The van der Waals surface area contributed by atoms with Gasteiger partial charge < -0.3 is 9.05 Å². The van der Waals surface area contributed by atoms with Gasteiger partial charge in [0.25, 0.3) is 0 Å². The largest absolute Gasteiger partial charge is 0.583 e. The third kappa shape index (κ3) is 6.62. The van der Waals surface area contributed by atoms with Crippen molar-refractivity contribution in [1.82, 2.24) is 0 Å². The van der Waals surface area contributed by atoms with Crippen LogP contribution in [0.25, 0.3) is 0 Å². The van der Waals surface area contributed by atoms with Crippen molar-refractivity contribution in [3.8, 4) is 0 Å². The van der Waals surface area contributed by atoms with Crippen molar-refractivity contribution in [2.75, 3.05) is 0 Å². The summed E-state index contributed by atoms with van der Waals surface area (Å²) in [6.45, 7) is 0. The number of hydrogen-bond donors (Lipinski definition) is 1. The molecule has 64 valence electrons. The second-order valence-electron chi connectivity index (χ2n) is 1.20. The van der Waals surface area contributed by atoms with Gasteiger partial charge in [-0.1, -0.05) is 31.9 Å². The number of rotatable bonds is 4. The van der Waals surface area contributed by atoms with Gasteiger partial charge in [-0.05, 0) is 0 Å². The standard InChI is InChI=1S/C4H5Br2O4P/c5-1-3-9-11(7,8)10-4-2-6/h1-4H,(H,7,8)/b3-1+,4-2+. The highest BCUT2D eigenvalue weighted by Crippen LogP contribution is 2.43. The smallest absolute Gasteiger partial charge is 0.403 e. The van der Waals surface area contributed by atoms with E-state index in [0.717, 1.165) is 12.5 Å². The topological polar surface area (TPSA) is 55.8 Å². The molecule has 0 bridgehead atoms. The predicted molar refractivity (Wildman–Crippen MR) is 48.1 cm³/mol. The van der Waals surface area contributed by atoms with Crippen LogP contribution in [0.15, 0.2) is 22.5 Å². The van der Waals surface area contributed by atoms with Crippen LogP contribution >= 0.6 is 39.7 Å². The molecule has 0 aromatic carbocycles. The van der Waals surface area contributed by atoms with E-state index in [4.69, 9.17) is 4.89 Å². The molecule has 11 heavy (non-hydrogen) atoms. The van der Waals surface area contributed by atoms with Gasteiger partial charge in [0.2, 0.25) is 0 Å². The average Bonchev–Trinajstić information content (AvgIpc) is 1.97. The molecule has 0 fully saturated rings. The molecule has 0 rings (SSSR count). The molecule has 0 saturated heterocycles. The zero-order chi connectivity index (χ0) is 8.74. The maximum absolute atomic E-state index is 10.7. The first-order valence-electron chi connectivity index (χ1n) is 2.32. The maximum Gasteiger partial charge on any atom is 0.583 e. The zero-order valence-electron chi connectivity index (χ0n) is 5.18. The Hall–Kier alpha value is 0.230. The van der Waals surface area contributed by atoms with E-state index in [1.807, 2.05) is 0 Å². The molecule has 7 heteroatoms. The lowest BCUT2D eigenvalue weighted by Crippen LogP contribution is -1.82. The number of hydrogen-bond acceptors (Lipinski definition) is 3. The van der Waals surface area contributed by atoms with E-state index in [1.165, 1.54) is 9.97 Å². The summed E-state index contributed by atoms with van der Waals surface area (Å²) < 4.78 is 19.2. The molecule has 0 unspecified atom stereocenters. The van der Waals surface area contributed by atoms with Gasteiger partial charge in [-0.25, -0.2) is 4.57 Å². The van der Waals surface area contributed by atoms with E-state index in [0.29, 0.717) is 0 Å². The van der Waals surface area contributed by atoms with E-state index < -0.39 is 7.82 Å². The zero-order valence-corrected chi connectivity index (χ0v) is 9.25. The fourth-order valence-corrected chi connectivity index (χ4v) is 1.25. The molecule has 0 amide bonds. The van der Waals surface area contributed by atoms with Crippen LogP contribution in [0.1, 0.15) is 0 Å². The Morgan fingerprint density at radius 1 is 1.18 bits per heavy atom. The lowest BCUT2D eigenvalue weighted by molar-refractivity contribution is 0.244. The van der Waals surface area contributed by atoms with E-state index in [9.17, 15) is 4.57 Å². The highest BCUT2D eigenvalue weighted by molar-refractivity contribution is 9.11. The van der Waals surface area contributed by atoms with Crippen LogP contribution in [0.4, 0.5) is 0 Å². The first kappa shape index (κ1) is 11.2. The van der Waals surface area contributed by atoms with Gasteiger partial charge in [0.1, 0.15) is 12.5 Å². The summed E-state index contributed by atoms with van der Waals surface area (Å²) in [6, 6.07) is 0. The molecule has 0 atom stereocenters. The van der Waals surface area contributed by atoms with Crippen LogP contribution in [0.3, 0.4) is 0 Å². The molecule has 4 nitrogen and oxygen atoms in total. The van der Waals surface area contributed by atoms with Crippen LogP contribution in [-0.4, -0.2) is 4.89 Å². The van der Waals surface area contributed by atoms with E-state index in [1.54, 1.807) is 0 Å². The first-order chi connectivity index (χ1) is 5.12. The minimum Gasteiger partial charge on any atom is -0.403 e. The highest BCUT2D eigenvalue weighted by Gasteiger charge is 2.19. The summed E-state index contributed by atoms with van der Waals surface area (Å²) in [6.07, 6.45) is 2.01. The Balaban J connectivity index is 3.90. The normalized spacial score (nSPS) is 12.6. The van der Waals surface area contributed by atoms with Gasteiger partial charge in [-0.2, -0.15) is 0 Å². The number of halogens is 2. The minimum absolute atomic E-state index is 1.00. The van der Waals surface area contributed by atoms with Gasteiger partial charge in [0.15, 0.2) is 0 Å².